The number of anilines is 1. The normalized spacial score (nSPS) is 32.2. The van der Waals surface area contributed by atoms with Crippen molar-refractivity contribution in [3.63, 3.8) is 0 Å². The van der Waals surface area contributed by atoms with Gasteiger partial charge in [-0.25, -0.2) is 4.98 Å². The first-order valence-electron chi connectivity index (χ1n) is 5.92. The highest BCUT2D eigenvalue weighted by Gasteiger charge is 2.46. The standard InChI is InChI=1S/C11H14N4O2S/c12-7-4-8(16)14-11(13-7)18-10-6-2-1-5(3-6)9(10)15-17/h4-6,10,17H,1-3H2,(H3,12,13,14,16)/b15-9-/t5-,6+,10-/m0/s1. The van der Waals surface area contributed by atoms with Crippen molar-refractivity contribution >= 4 is 23.3 Å². The Morgan fingerprint density at radius 2 is 2.39 bits per heavy atom. The molecule has 3 rings (SSSR count). The van der Waals surface area contributed by atoms with Crippen LogP contribution in [0.25, 0.3) is 0 Å². The monoisotopic (exact) mass is 266 g/mol. The third-order valence-corrected chi connectivity index (χ3v) is 5.00. The molecule has 2 bridgehead atoms. The third-order valence-electron chi connectivity index (χ3n) is 3.70. The van der Waals surface area contributed by atoms with Gasteiger partial charge < -0.3 is 15.9 Å². The number of oxime groups is 1. The summed E-state index contributed by atoms with van der Waals surface area (Å²) < 4.78 is 0. The van der Waals surface area contributed by atoms with E-state index in [1.165, 1.54) is 17.8 Å². The van der Waals surface area contributed by atoms with Gasteiger partial charge in [0, 0.05) is 12.0 Å². The highest BCUT2D eigenvalue weighted by atomic mass is 32.2. The summed E-state index contributed by atoms with van der Waals surface area (Å²) in [5.74, 6) is 1.12. The maximum absolute atomic E-state index is 11.3. The van der Waals surface area contributed by atoms with Gasteiger partial charge in [0.05, 0.1) is 11.0 Å². The van der Waals surface area contributed by atoms with Crippen LogP contribution in [0.3, 0.4) is 0 Å². The molecule has 0 aromatic carbocycles. The summed E-state index contributed by atoms with van der Waals surface area (Å²) in [6.07, 6.45) is 3.32. The molecule has 1 aromatic rings. The Kier molecular flexibility index (Phi) is 2.77. The van der Waals surface area contributed by atoms with E-state index in [9.17, 15) is 4.79 Å². The van der Waals surface area contributed by atoms with E-state index < -0.39 is 0 Å². The number of nitrogens with zero attached hydrogens (tertiary/aromatic N) is 2. The molecule has 0 amide bonds. The Morgan fingerprint density at radius 3 is 3.11 bits per heavy atom. The zero-order valence-corrected chi connectivity index (χ0v) is 10.5. The summed E-state index contributed by atoms with van der Waals surface area (Å²) in [5.41, 5.74) is 6.13. The molecule has 1 aromatic heterocycles. The van der Waals surface area contributed by atoms with Gasteiger partial charge in [-0.1, -0.05) is 16.9 Å². The Labute approximate surface area is 108 Å². The van der Waals surface area contributed by atoms with Crippen LogP contribution < -0.4 is 11.3 Å². The third kappa shape index (κ3) is 1.88. The van der Waals surface area contributed by atoms with Gasteiger partial charge in [0.2, 0.25) is 0 Å². The fraction of sp³-hybridized carbons (Fsp3) is 0.545. The number of H-pyrrole nitrogens is 1. The number of hydrogen-bond donors (Lipinski definition) is 3. The van der Waals surface area contributed by atoms with Crippen LogP contribution in [0.1, 0.15) is 19.3 Å². The van der Waals surface area contributed by atoms with Crippen molar-refractivity contribution in [1.82, 2.24) is 9.97 Å². The average molecular weight is 266 g/mol. The van der Waals surface area contributed by atoms with Gasteiger partial charge in [-0.3, -0.25) is 4.79 Å². The molecule has 2 fully saturated rings. The minimum Gasteiger partial charge on any atom is -0.411 e. The molecule has 0 spiro atoms. The molecule has 6 nitrogen and oxygen atoms in total. The number of fused-ring (bicyclic) bond motifs is 2. The molecule has 2 aliphatic rings. The lowest BCUT2D eigenvalue weighted by Gasteiger charge is -2.21. The van der Waals surface area contributed by atoms with Crippen LogP contribution in [-0.4, -0.2) is 26.1 Å². The first-order chi connectivity index (χ1) is 8.67. The van der Waals surface area contributed by atoms with Gasteiger partial charge >= 0.3 is 0 Å². The van der Waals surface area contributed by atoms with E-state index >= 15 is 0 Å². The lowest BCUT2D eigenvalue weighted by Crippen LogP contribution is -2.25. The highest BCUT2D eigenvalue weighted by molar-refractivity contribution is 8.00. The number of aromatic amines is 1. The topological polar surface area (TPSA) is 104 Å². The number of rotatable bonds is 2. The van der Waals surface area contributed by atoms with Crippen LogP contribution in [0, 0.1) is 11.8 Å². The molecule has 0 radical (unpaired) electrons. The van der Waals surface area contributed by atoms with Crippen molar-refractivity contribution in [2.45, 2.75) is 29.7 Å². The number of thioether (sulfide) groups is 1. The first kappa shape index (κ1) is 11.6. The van der Waals surface area contributed by atoms with Gasteiger partial charge in [-0.2, -0.15) is 0 Å². The Balaban J connectivity index is 1.86. The Hall–Kier alpha value is -1.50. The second kappa shape index (κ2) is 4.31. The molecule has 0 unspecified atom stereocenters. The minimum atomic E-state index is -0.254. The first-order valence-corrected chi connectivity index (χ1v) is 6.80. The van der Waals surface area contributed by atoms with Crippen molar-refractivity contribution in [1.29, 1.82) is 0 Å². The maximum atomic E-state index is 11.3. The summed E-state index contributed by atoms with van der Waals surface area (Å²) in [4.78, 5) is 18.1. The van der Waals surface area contributed by atoms with E-state index in [0.29, 0.717) is 17.0 Å². The molecular formula is C11H14N4O2S. The van der Waals surface area contributed by atoms with Crippen LogP contribution in [0.15, 0.2) is 21.2 Å². The fourth-order valence-corrected chi connectivity index (χ4v) is 4.32. The number of nitrogens with one attached hydrogen (secondary N) is 1. The lowest BCUT2D eigenvalue weighted by atomic mass is 9.98. The van der Waals surface area contributed by atoms with Crippen LogP contribution in [0.2, 0.25) is 0 Å². The molecule has 4 N–H and O–H groups in total. The summed E-state index contributed by atoms with van der Waals surface area (Å²) in [7, 11) is 0. The smallest absolute Gasteiger partial charge is 0.253 e. The van der Waals surface area contributed by atoms with Crippen molar-refractivity contribution in [2.24, 2.45) is 17.0 Å². The molecule has 1 heterocycles. The molecule has 3 atom stereocenters. The van der Waals surface area contributed by atoms with Gasteiger partial charge in [0.1, 0.15) is 5.82 Å². The number of hydrogen-bond acceptors (Lipinski definition) is 6. The average Bonchev–Trinajstić information content (AvgIpc) is 2.88. The van der Waals surface area contributed by atoms with Crippen molar-refractivity contribution < 1.29 is 5.21 Å². The largest absolute Gasteiger partial charge is 0.411 e. The molecule has 18 heavy (non-hydrogen) atoms. The van der Waals surface area contributed by atoms with Crippen molar-refractivity contribution in [3.05, 3.63) is 16.4 Å². The molecule has 96 valence electrons. The molecular weight excluding hydrogens is 252 g/mol. The van der Waals surface area contributed by atoms with Crippen LogP contribution >= 0.6 is 11.8 Å². The highest BCUT2D eigenvalue weighted by Crippen LogP contribution is 2.48. The van der Waals surface area contributed by atoms with E-state index in [-0.39, 0.29) is 16.6 Å². The SMILES string of the molecule is Nc1cc(=O)[nH]c(S[C@@H]2/C(=N\O)[C@H]3CC[C@@H]2C3)n1. The summed E-state index contributed by atoms with van der Waals surface area (Å²) in [6.45, 7) is 0. The zero-order valence-electron chi connectivity index (χ0n) is 9.67. The predicted octanol–water partition coefficient (Wildman–Crippen LogP) is 1.07. The minimum absolute atomic E-state index is 0.110. The predicted molar refractivity (Wildman–Crippen MR) is 69.0 cm³/mol. The molecule has 2 aliphatic carbocycles. The quantitative estimate of drug-likeness (QED) is 0.422. The molecule has 2 saturated carbocycles. The van der Waals surface area contributed by atoms with Gasteiger partial charge in [0.15, 0.2) is 5.16 Å². The van der Waals surface area contributed by atoms with Crippen LogP contribution in [0.4, 0.5) is 5.82 Å². The van der Waals surface area contributed by atoms with E-state index in [4.69, 9.17) is 10.9 Å². The lowest BCUT2D eigenvalue weighted by molar-refractivity contribution is 0.314. The number of aromatic nitrogens is 2. The molecule has 0 saturated heterocycles. The summed E-state index contributed by atoms with van der Waals surface area (Å²) >= 11 is 1.44. The van der Waals surface area contributed by atoms with Gasteiger partial charge in [0.25, 0.3) is 5.56 Å². The zero-order chi connectivity index (χ0) is 12.7. The number of nitrogen functional groups attached to an aromatic ring is 1. The summed E-state index contributed by atoms with van der Waals surface area (Å²) in [5, 5.41) is 13.1. The van der Waals surface area contributed by atoms with Crippen LogP contribution in [0.5, 0.6) is 0 Å². The van der Waals surface area contributed by atoms with E-state index in [2.05, 4.69) is 15.1 Å². The fourth-order valence-electron chi connectivity index (χ4n) is 2.96. The molecule has 7 heteroatoms. The van der Waals surface area contributed by atoms with Crippen molar-refractivity contribution in [2.75, 3.05) is 5.73 Å². The van der Waals surface area contributed by atoms with Crippen LogP contribution in [-0.2, 0) is 0 Å². The van der Waals surface area contributed by atoms with Gasteiger partial charge in [-0.15, -0.1) is 0 Å². The number of nitrogens with two attached hydrogens (primary N) is 1. The summed E-state index contributed by atoms with van der Waals surface area (Å²) in [6, 6.07) is 1.26. The Morgan fingerprint density at radius 1 is 1.56 bits per heavy atom. The van der Waals surface area contributed by atoms with E-state index in [1.54, 1.807) is 0 Å². The van der Waals surface area contributed by atoms with E-state index in [1.807, 2.05) is 0 Å². The van der Waals surface area contributed by atoms with E-state index in [0.717, 1.165) is 25.0 Å². The van der Waals surface area contributed by atoms with Gasteiger partial charge in [-0.05, 0) is 25.2 Å². The second-order valence-electron chi connectivity index (χ2n) is 4.81. The maximum Gasteiger partial charge on any atom is 0.253 e. The van der Waals surface area contributed by atoms with Crippen molar-refractivity contribution in [3.8, 4) is 0 Å². The second-order valence-corrected chi connectivity index (χ2v) is 5.94. The molecule has 0 aliphatic heterocycles. The Bertz CT molecular complexity index is 556.